The highest BCUT2D eigenvalue weighted by atomic mass is 14.9. The molecule has 1 saturated carbocycles. The maximum atomic E-state index is 3.78. The molecule has 1 heteroatoms. The molecule has 0 saturated heterocycles. The third-order valence-corrected chi connectivity index (χ3v) is 4.47. The molecule has 2 atom stereocenters. The Kier molecular flexibility index (Phi) is 4.82. The van der Waals surface area contributed by atoms with Gasteiger partial charge in [0.2, 0.25) is 0 Å². The SMILES string of the molecule is Cc1cccc(C)c1CNC1CCCC(C)CC1. The van der Waals surface area contributed by atoms with Gasteiger partial charge in [-0.25, -0.2) is 0 Å². The minimum Gasteiger partial charge on any atom is -0.310 e. The van der Waals surface area contributed by atoms with E-state index in [4.69, 9.17) is 0 Å². The summed E-state index contributed by atoms with van der Waals surface area (Å²) in [5.74, 6) is 0.928. The normalized spacial score (nSPS) is 24.8. The number of hydrogen-bond acceptors (Lipinski definition) is 1. The molecule has 18 heavy (non-hydrogen) atoms. The fraction of sp³-hybridized carbons (Fsp3) is 0.647. The Hall–Kier alpha value is -0.820. The van der Waals surface area contributed by atoms with Gasteiger partial charge in [0.25, 0.3) is 0 Å². The van der Waals surface area contributed by atoms with Gasteiger partial charge in [0.05, 0.1) is 0 Å². The van der Waals surface area contributed by atoms with Gasteiger partial charge >= 0.3 is 0 Å². The van der Waals surface area contributed by atoms with Gasteiger partial charge < -0.3 is 5.32 Å². The van der Waals surface area contributed by atoms with Crippen molar-refractivity contribution in [1.29, 1.82) is 0 Å². The molecule has 0 aliphatic heterocycles. The fourth-order valence-corrected chi connectivity index (χ4v) is 3.07. The minimum absolute atomic E-state index is 0.731. The summed E-state index contributed by atoms with van der Waals surface area (Å²) >= 11 is 0. The minimum atomic E-state index is 0.731. The fourth-order valence-electron chi connectivity index (χ4n) is 3.07. The maximum absolute atomic E-state index is 3.78. The molecule has 0 heterocycles. The van der Waals surface area contributed by atoms with Crippen LogP contribution < -0.4 is 5.32 Å². The summed E-state index contributed by atoms with van der Waals surface area (Å²) in [4.78, 5) is 0. The summed E-state index contributed by atoms with van der Waals surface area (Å²) < 4.78 is 0. The summed E-state index contributed by atoms with van der Waals surface area (Å²) in [6, 6.07) is 7.33. The Morgan fingerprint density at radius 2 is 1.78 bits per heavy atom. The molecule has 2 unspecified atom stereocenters. The van der Waals surface area contributed by atoms with Crippen LogP contribution in [0.3, 0.4) is 0 Å². The number of hydrogen-bond donors (Lipinski definition) is 1. The predicted molar refractivity (Wildman–Crippen MR) is 78.8 cm³/mol. The Bertz CT molecular complexity index is 363. The van der Waals surface area contributed by atoms with E-state index in [1.165, 1.54) is 48.8 Å². The van der Waals surface area contributed by atoms with Gasteiger partial charge in [-0.3, -0.25) is 0 Å². The molecule has 100 valence electrons. The molecule has 0 spiro atoms. The monoisotopic (exact) mass is 245 g/mol. The number of benzene rings is 1. The first-order chi connectivity index (χ1) is 8.66. The number of nitrogens with one attached hydrogen (secondary N) is 1. The van der Waals surface area contributed by atoms with Crippen LogP contribution >= 0.6 is 0 Å². The van der Waals surface area contributed by atoms with E-state index < -0.39 is 0 Å². The molecular formula is C17H27N. The van der Waals surface area contributed by atoms with E-state index in [1.54, 1.807) is 0 Å². The smallest absolute Gasteiger partial charge is 0.0213 e. The van der Waals surface area contributed by atoms with Crippen LogP contribution in [0.1, 0.15) is 55.7 Å². The van der Waals surface area contributed by atoms with E-state index in [0.717, 1.165) is 18.5 Å². The molecule has 1 nitrogen and oxygen atoms in total. The van der Waals surface area contributed by atoms with Crippen LogP contribution in [-0.4, -0.2) is 6.04 Å². The zero-order valence-electron chi connectivity index (χ0n) is 12.1. The Balaban J connectivity index is 1.91. The van der Waals surface area contributed by atoms with E-state index in [2.05, 4.69) is 44.3 Å². The van der Waals surface area contributed by atoms with Gasteiger partial charge in [0, 0.05) is 12.6 Å². The van der Waals surface area contributed by atoms with Crippen LogP contribution in [0.25, 0.3) is 0 Å². The largest absolute Gasteiger partial charge is 0.310 e. The van der Waals surface area contributed by atoms with Gasteiger partial charge in [0.1, 0.15) is 0 Å². The lowest BCUT2D eigenvalue weighted by Crippen LogP contribution is -2.28. The zero-order valence-corrected chi connectivity index (χ0v) is 12.1. The number of rotatable bonds is 3. The van der Waals surface area contributed by atoms with Crippen molar-refractivity contribution in [3.05, 3.63) is 34.9 Å². The highest BCUT2D eigenvalue weighted by Crippen LogP contribution is 2.23. The average molecular weight is 245 g/mol. The van der Waals surface area contributed by atoms with Gasteiger partial charge in [-0.2, -0.15) is 0 Å². The van der Waals surface area contributed by atoms with E-state index in [1.807, 2.05) is 0 Å². The molecule has 1 aromatic carbocycles. The lowest BCUT2D eigenvalue weighted by atomic mass is 10.0. The zero-order chi connectivity index (χ0) is 13.0. The van der Waals surface area contributed by atoms with E-state index >= 15 is 0 Å². The summed E-state index contributed by atoms with van der Waals surface area (Å²) in [6.45, 7) is 7.88. The van der Waals surface area contributed by atoms with Crippen molar-refractivity contribution in [2.24, 2.45) is 5.92 Å². The predicted octanol–water partition coefficient (Wildman–Crippen LogP) is 4.36. The second-order valence-electron chi connectivity index (χ2n) is 6.06. The second kappa shape index (κ2) is 6.38. The molecule has 1 aliphatic rings. The Labute approximate surface area is 112 Å². The first kappa shape index (κ1) is 13.6. The van der Waals surface area contributed by atoms with E-state index in [0.29, 0.717) is 0 Å². The number of aryl methyl sites for hydroxylation is 2. The summed E-state index contributed by atoms with van der Waals surface area (Å²) in [5, 5.41) is 3.78. The van der Waals surface area contributed by atoms with Gasteiger partial charge in [-0.05, 0) is 55.7 Å². The molecule has 1 fully saturated rings. The van der Waals surface area contributed by atoms with Crippen molar-refractivity contribution < 1.29 is 0 Å². The third-order valence-electron chi connectivity index (χ3n) is 4.47. The molecule has 2 rings (SSSR count). The highest BCUT2D eigenvalue weighted by molar-refractivity contribution is 5.33. The molecule has 0 bridgehead atoms. The van der Waals surface area contributed by atoms with Crippen LogP contribution in [0.5, 0.6) is 0 Å². The summed E-state index contributed by atoms with van der Waals surface area (Å²) in [6.07, 6.45) is 6.92. The first-order valence-corrected chi connectivity index (χ1v) is 7.45. The average Bonchev–Trinajstić information content (AvgIpc) is 2.54. The Morgan fingerprint density at radius 3 is 2.50 bits per heavy atom. The van der Waals surface area contributed by atoms with Crippen LogP contribution in [0.4, 0.5) is 0 Å². The topological polar surface area (TPSA) is 12.0 Å². The first-order valence-electron chi connectivity index (χ1n) is 7.45. The van der Waals surface area contributed by atoms with E-state index in [9.17, 15) is 0 Å². The van der Waals surface area contributed by atoms with Gasteiger partial charge in [0.15, 0.2) is 0 Å². The van der Waals surface area contributed by atoms with Crippen molar-refractivity contribution in [3.63, 3.8) is 0 Å². The van der Waals surface area contributed by atoms with Crippen LogP contribution in [0.2, 0.25) is 0 Å². The molecule has 0 amide bonds. The standard InChI is InChI=1S/C17H27N/c1-13-6-4-9-16(11-10-13)18-12-17-14(2)7-5-8-15(17)3/h5,7-8,13,16,18H,4,6,9-12H2,1-3H3. The lowest BCUT2D eigenvalue weighted by Gasteiger charge is -2.18. The van der Waals surface area contributed by atoms with Crippen molar-refractivity contribution in [3.8, 4) is 0 Å². The third kappa shape index (κ3) is 3.58. The second-order valence-corrected chi connectivity index (χ2v) is 6.06. The van der Waals surface area contributed by atoms with Crippen LogP contribution in [0.15, 0.2) is 18.2 Å². The van der Waals surface area contributed by atoms with Crippen LogP contribution in [-0.2, 0) is 6.54 Å². The van der Waals surface area contributed by atoms with Crippen molar-refractivity contribution in [2.75, 3.05) is 0 Å². The van der Waals surface area contributed by atoms with Gasteiger partial charge in [-0.15, -0.1) is 0 Å². The van der Waals surface area contributed by atoms with Crippen molar-refractivity contribution in [1.82, 2.24) is 5.32 Å². The van der Waals surface area contributed by atoms with E-state index in [-0.39, 0.29) is 0 Å². The molecule has 0 aromatic heterocycles. The Morgan fingerprint density at radius 1 is 1.06 bits per heavy atom. The quantitative estimate of drug-likeness (QED) is 0.780. The van der Waals surface area contributed by atoms with Gasteiger partial charge in [-0.1, -0.05) is 38.0 Å². The van der Waals surface area contributed by atoms with Crippen LogP contribution in [0, 0.1) is 19.8 Å². The molecule has 1 aromatic rings. The summed E-state index contributed by atoms with van der Waals surface area (Å²) in [5.41, 5.74) is 4.34. The molecule has 0 radical (unpaired) electrons. The molecular weight excluding hydrogens is 218 g/mol. The molecule has 1 N–H and O–H groups in total. The molecule has 1 aliphatic carbocycles. The highest BCUT2D eigenvalue weighted by Gasteiger charge is 2.15. The van der Waals surface area contributed by atoms with Crippen molar-refractivity contribution >= 4 is 0 Å². The summed E-state index contributed by atoms with van der Waals surface area (Å²) in [7, 11) is 0. The lowest BCUT2D eigenvalue weighted by molar-refractivity contribution is 0.446. The van der Waals surface area contributed by atoms with Crippen molar-refractivity contribution in [2.45, 2.75) is 65.5 Å². The maximum Gasteiger partial charge on any atom is 0.0213 e.